The number of hydrogen-bond donors (Lipinski definition) is 1. The van der Waals surface area contributed by atoms with E-state index in [4.69, 9.17) is 10.5 Å². The van der Waals surface area contributed by atoms with Crippen LogP contribution in [0.1, 0.15) is 11.1 Å². The first-order valence-corrected chi connectivity index (χ1v) is 7.11. The second kappa shape index (κ2) is 5.87. The van der Waals surface area contributed by atoms with E-state index in [9.17, 15) is 0 Å². The van der Waals surface area contributed by atoms with Crippen LogP contribution in [0.15, 0.2) is 45.3 Å². The Labute approximate surface area is 123 Å². The van der Waals surface area contributed by atoms with Gasteiger partial charge in [0, 0.05) is 11.0 Å². The minimum absolute atomic E-state index is 0.524. The van der Waals surface area contributed by atoms with E-state index in [1.54, 1.807) is 0 Å². The second-order valence-corrected chi connectivity index (χ2v) is 5.75. The van der Waals surface area contributed by atoms with Crippen LogP contribution in [-0.2, 0) is 6.54 Å². The third-order valence-electron chi connectivity index (χ3n) is 2.59. The Morgan fingerprint density at radius 1 is 1.06 bits per heavy atom. The summed E-state index contributed by atoms with van der Waals surface area (Å²) >= 11 is 6.93. The molecule has 2 aromatic rings. The Hall–Kier alpha value is -0.840. The van der Waals surface area contributed by atoms with Crippen LogP contribution >= 0.6 is 31.9 Å². The number of aryl methyl sites for hydroxylation is 1. The van der Waals surface area contributed by atoms with E-state index in [0.29, 0.717) is 6.54 Å². The highest BCUT2D eigenvalue weighted by molar-refractivity contribution is 9.10. The molecular formula is C14H13Br2NO. The second-order valence-electron chi connectivity index (χ2n) is 3.98. The van der Waals surface area contributed by atoms with Crippen molar-refractivity contribution in [3.8, 4) is 11.5 Å². The van der Waals surface area contributed by atoms with Crippen molar-refractivity contribution >= 4 is 31.9 Å². The van der Waals surface area contributed by atoms with Crippen molar-refractivity contribution in [1.82, 2.24) is 0 Å². The molecule has 0 heterocycles. The maximum Gasteiger partial charge on any atom is 0.141 e. The van der Waals surface area contributed by atoms with Crippen LogP contribution in [0.4, 0.5) is 0 Å². The van der Waals surface area contributed by atoms with Crippen LogP contribution in [-0.4, -0.2) is 0 Å². The van der Waals surface area contributed by atoms with Gasteiger partial charge in [0.1, 0.15) is 11.5 Å². The lowest BCUT2D eigenvalue weighted by atomic mass is 10.2. The molecule has 0 aromatic heterocycles. The van der Waals surface area contributed by atoms with E-state index in [1.165, 1.54) is 0 Å². The number of hydrogen-bond acceptors (Lipinski definition) is 2. The average Bonchev–Trinajstić information content (AvgIpc) is 2.34. The minimum atomic E-state index is 0.524. The Kier molecular flexibility index (Phi) is 4.43. The highest BCUT2D eigenvalue weighted by atomic mass is 79.9. The van der Waals surface area contributed by atoms with Crippen LogP contribution in [0.25, 0.3) is 0 Å². The fraction of sp³-hybridized carbons (Fsp3) is 0.143. The molecule has 0 fully saturated rings. The zero-order valence-corrected chi connectivity index (χ0v) is 13.1. The molecule has 0 radical (unpaired) electrons. The highest BCUT2D eigenvalue weighted by Gasteiger charge is 2.06. The molecule has 0 aliphatic heterocycles. The van der Waals surface area contributed by atoms with Gasteiger partial charge in [0.15, 0.2) is 0 Å². The summed E-state index contributed by atoms with van der Waals surface area (Å²) < 4.78 is 7.84. The van der Waals surface area contributed by atoms with Gasteiger partial charge in [-0.1, -0.05) is 22.0 Å². The van der Waals surface area contributed by atoms with E-state index in [2.05, 4.69) is 31.9 Å². The number of rotatable bonds is 3. The summed E-state index contributed by atoms with van der Waals surface area (Å²) in [5, 5.41) is 0. The van der Waals surface area contributed by atoms with Crippen LogP contribution in [0, 0.1) is 6.92 Å². The van der Waals surface area contributed by atoms with Crippen molar-refractivity contribution in [1.29, 1.82) is 0 Å². The molecule has 2 N–H and O–H groups in total. The first-order valence-electron chi connectivity index (χ1n) is 5.52. The SMILES string of the molecule is Cc1cc(Br)ccc1Oc1ccc(CN)cc1Br. The molecule has 0 amide bonds. The largest absolute Gasteiger partial charge is 0.456 e. The molecule has 2 rings (SSSR count). The van der Waals surface area contributed by atoms with Gasteiger partial charge in [0.05, 0.1) is 4.47 Å². The van der Waals surface area contributed by atoms with E-state index in [0.717, 1.165) is 31.6 Å². The molecule has 0 aliphatic carbocycles. The monoisotopic (exact) mass is 369 g/mol. The van der Waals surface area contributed by atoms with Crippen molar-refractivity contribution in [3.05, 3.63) is 56.5 Å². The normalized spacial score (nSPS) is 10.4. The summed E-state index contributed by atoms with van der Waals surface area (Å²) in [5.74, 6) is 1.64. The quantitative estimate of drug-likeness (QED) is 0.844. The fourth-order valence-electron chi connectivity index (χ4n) is 1.60. The number of halogens is 2. The van der Waals surface area contributed by atoms with Crippen molar-refractivity contribution in [3.63, 3.8) is 0 Å². The molecule has 0 aliphatic rings. The first-order chi connectivity index (χ1) is 8.60. The maximum absolute atomic E-state index is 5.89. The molecule has 2 aromatic carbocycles. The van der Waals surface area contributed by atoms with Gasteiger partial charge < -0.3 is 10.5 Å². The number of benzene rings is 2. The predicted molar refractivity (Wildman–Crippen MR) is 81.0 cm³/mol. The fourth-order valence-corrected chi connectivity index (χ4v) is 2.58. The zero-order chi connectivity index (χ0) is 13.1. The summed E-state index contributed by atoms with van der Waals surface area (Å²) in [4.78, 5) is 0. The molecular weight excluding hydrogens is 358 g/mol. The standard InChI is InChI=1S/C14H13Br2NO/c1-9-6-11(15)3-5-13(9)18-14-4-2-10(8-17)7-12(14)16/h2-7H,8,17H2,1H3. The topological polar surface area (TPSA) is 35.2 Å². The van der Waals surface area contributed by atoms with Gasteiger partial charge in [-0.25, -0.2) is 0 Å². The van der Waals surface area contributed by atoms with Gasteiger partial charge >= 0.3 is 0 Å². The average molecular weight is 371 g/mol. The molecule has 4 heteroatoms. The lowest BCUT2D eigenvalue weighted by molar-refractivity contribution is 0.475. The van der Waals surface area contributed by atoms with Crippen LogP contribution in [0.5, 0.6) is 11.5 Å². The number of nitrogens with two attached hydrogens (primary N) is 1. The van der Waals surface area contributed by atoms with Crippen molar-refractivity contribution < 1.29 is 4.74 Å². The molecule has 18 heavy (non-hydrogen) atoms. The van der Waals surface area contributed by atoms with E-state index in [-0.39, 0.29) is 0 Å². The van der Waals surface area contributed by atoms with Crippen molar-refractivity contribution in [2.75, 3.05) is 0 Å². The highest BCUT2D eigenvalue weighted by Crippen LogP contribution is 2.32. The summed E-state index contributed by atoms with van der Waals surface area (Å²) in [6.07, 6.45) is 0. The maximum atomic E-state index is 5.89. The molecule has 0 unspecified atom stereocenters. The van der Waals surface area contributed by atoms with Gasteiger partial charge in [0.25, 0.3) is 0 Å². The van der Waals surface area contributed by atoms with Crippen LogP contribution < -0.4 is 10.5 Å². The summed E-state index contributed by atoms with van der Waals surface area (Å²) in [7, 11) is 0. The summed E-state index contributed by atoms with van der Waals surface area (Å²) in [6.45, 7) is 2.54. The molecule has 0 spiro atoms. The van der Waals surface area contributed by atoms with Gasteiger partial charge in [-0.3, -0.25) is 0 Å². The Morgan fingerprint density at radius 3 is 2.39 bits per heavy atom. The van der Waals surface area contributed by atoms with Gasteiger partial charge in [-0.05, 0) is 64.3 Å². The number of ether oxygens (including phenoxy) is 1. The van der Waals surface area contributed by atoms with Gasteiger partial charge in [-0.15, -0.1) is 0 Å². The van der Waals surface area contributed by atoms with Gasteiger partial charge in [0.2, 0.25) is 0 Å². The van der Waals surface area contributed by atoms with E-state index < -0.39 is 0 Å². The molecule has 2 nitrogen and oxygen atoms in total. The van der Waals surface area contributed by atoms with Crippen molar-refractivity contribution in [2.24, 2.45) is 5.73 Å². The summed E-state index contributed by atoms with van der Waals surface area (Å²) in [6, 6.07) is 11.8. The first kappa shape index (κ1) is 13.6. The van der Waals surface area contributed by atoms with Crippen LogP contribution in [0.2, 0.25) is 0 Å². The molecule has 0 atom stereocenters. The predicted octanol–water partition coefficient (Wildman–Crippen LogP) is 4.77. The smallest absolute Gasteiger partial charge is 0.141 e. The van der Waals surface area contributed by atoms with E-state index in [1.807, 2.05) is 43.3 Å². The van der Waals surface area contributed by atoms with E-state index >= 15 is 0 Å². The Morgan fingerprint density at radius 2 is 1.78 bits per heavy atom. The minimum Gasteiger partial charge on any atom is -0.456 e. The molecule has 0 saturated heterocycles. The Bertz CT molecular complexity index is 570. The molecule has 94 valence electrons. The Balaban J connectivity index is 2.28. The molecule has 0 saturated carbocycles. The third kappa shape index (κ3) is 3.13. The summed E-state index contributed by atoms with van der Waals surface area (Å²) in [5.41, 5.74) is 7.75. The van der Waals surface area contributed by atoms with Crippen LogP contribution in [0.3, 0.4) is 0 Å². The molecule has 0 bridgehead atoms. The lowest BCUT2D eigenvalue weighted by Gasteiger charge is -2.11. The lowest BCUT2D eigenvalue weighted by Crippen LogP contribution is -1.96. The zero-order valence-electron chi connectivity index (χ0n) is 9.91. The third-order valence-corrected chi connectivity index (χ3v) is 3.70. The van der Waals surface area contributed by atoms with Crippen molar-refractivity contribution in [2.45, 2.75) is 13.5 Å². The van der Waals surface area contributed by atoms with Gasteiger partial charge in [-0.2, -0.15) is 0 Å².